The molecule has 25 heavy (non-hydrogen) atoms. The van der Waals surface area contributed by atoms with E-state index in [1.54, 1.807) is 18.2 Å². The summed E-state index contributed by atoms with van der Waals surface area (Å²) in [5, 5.41) is 14.7. The zero-order valence-electron chi connectivity index (χ0n) is 13.7. The number of carbonyl (C=O) groups excluding carboxylic acids is 1. The van der Waals surface area contributed by atoms with Crippen LogP contribution in [-0.2, 0) is 4.79 Å². The van der Waals surface area contributed by atoms with E-state index in [0.717, 1.165) is 20.5 Å². The smallest absolute Gasteiger partial charge is 0.272 e. The van der Waals surface area contributed by atoms with Gasteiger partial charge in [-0.25, -0.2) is 5.43 Å². The Kier molecular flexibility index (Phi) is 6.72. The number of aryl methyl sites for hydroxylation is 2. The van der Waals surface area contributed by atoms with Crippen molar-refractivity contribution in [3.63, 3.8) is 0 Å². The second-order valence-electron chi connectivity index (χ2n) is 5.26. The summed E-state index contributed by atoms with van der Waals surface area (Å²) in [7, 11) is 0. The Morgan fingerprint density at radius 3 is 2.76 bits per heavy atom. The van der Waals surface area contributed by atoms with Gasteiger partial charge in [0.05, 0.1) is 22.5 Å². The fourth-order valence-electron chi connectivity index (χ4n) is 2.02. The van der Waals surface area contributed by atoms with Crippen LogP contribution in [-0.4, -0.2) is 22.8 Å². The molecule has 2 rings (SSSR count). The number of nitro groups is 1. The van der Waals surface area contributed by atoms with Gasteiger partial charge in [0.2, 0.25) is 5.91 Å². The number of nitrogens with zero attached hydrogens (tertiary/aromatic N) is 2. The van der Waals surface area contributed by atoms with Crippen molar-refractivity contribution in [2.24, 2.45) is 5.10 Å². The molecular formula is C17H16BrN3O3S. The van der Waals surface area contributed by atoms with E-state index in [9.17, 15) is 14.9 Å². The van der Waals surface area contributed by atoms with E-state index in [0.29, 0.717) is 5.56 Å². The fourth-order valence-corrected chi connectivity index (χ4v) is 3.38. The van der Waals surface area contributed by atoms with Crippen LogP contribution >= 0.6 is 27.7 Å². The first-order valence-electron chi connectivity index (χ1n) is 7.33. The molecule has 0 fully saturated rings. The number of amides is 1. The maximum absolute atomic E-state index is 11.9. The Hall–Kier alpha value is -2.19. The highest BCUT2D eigenvalue weighted by Gasteiger charge is 2.10. The lowest BCUT2D eigenvalue weighted by molar-refractivity contribution is -0.385. The van der Waals surface area contributed by atoms with E-state index in [2.05, 4.69) is 26.5 Å². The van der Waals surface area contributed by atoms with Gasteiger partial charge < -0.3 is 0 Å². The lowest BCUT2D eigenvalue weighted by Gasteiger charge is -2.08. The van der Waals surface area contributed by atoms with Crippen molar-refractivity contribution in [2.45, 2.75) is 18.7 Å². The van der Waals surface area contributed by atoms with Crippen molar-refractivity contribution in [1.29, 1.82) is 0 Å². The lowest BCUT2D eigenvalue weighted by atomic mass is 10.2. The van der Waals surface area contributed by atoms with Crippen LogP contribution < -0.4 is 5.43 Å². The molecule has 0 aliphatic carbocycles. The number of nitro benzene ring substituents is 1. The average Bonchev–Trinajstić information content (AvgIpc) is 2.57. The molecule has 1 amide bonds. The van der Waals surface area contributed by atoms with Crippen molar-refractivity contribution >= 4 is 45.5 Å². The second kappa shape index (κ2) is 8.77. The number of nitrogens with one attached hydrogen (secondary N) is 1. The minimum absolute atomic E-state index is 0.0594. The van der Waals surface area contributed by atoms with Crippen LogP contribution in [0.3, 0.4) is 0 Å². The fraction of sp³-hybridized carbons (Fsp3) is 0.176. The van der Waals surface area contributed by atoms with Gasteiger partial charge in [0, 0.05) is 15.4 Å². The van der Waals surface area contributed by atoms with Crippen molar-refractivity contribution in [3.8, 4) is 0 Å². The van der Waals surface area contributed by atoms with Crippen LogP contribution in [0.4, 0.5) is 5.69 Å². The second-order valence-corrected chi connectivity index (χ2v) is 7.14. The first-order chi connectivity index (χ1) is 11.9. The highest BCUT2D eigenvalue weighted by atomic mass is 79.9. The van der Waals surface area contributed by atoms with Crippen molar-refractivity contribution in [1.82, 2.24) is 5.43 Å². The molecule has 8 heteroatoms. The van der Waals surface area contributed by atoms with Gasteiger partial charge in [0.15, 0.2) is 0 Å². The Morgan fingerprint density at radius 1 is 1.32 bits per heavy atom. The molecular weight excluding hydrogens is 406 g/mol. The molecule has 130 valence electrons. The summed E-state index contributed by atoms with van der Waals surface area (Å²) in [5.41, 5.74) is 4.85. The molecule has 1 N–H and O–H groups in total. The molecule has 0 aliphatic rings. The molecule has 0 atom stereocenters. The van der Waals surface area contributed by atoms with Crippen LogP contribution in [0, 0.1) is 24.0 Å². The number of benzene rings is 2. The van der Waals surface area contributed by atoms with Gasteiger partial charge in [-0.05, 0) is 43.2 Å². The molecule has 0 radical (unpaired) electrons. The molecule has 0 heterocycles. The zero-order valence-corrected chi connectivity index (χ0v) is 16.1. The monoisotopic (exact) mass is 421 g/mol. The number of rotatable bonds is 6. The highest BCUT2D eigenvalue weighted by molar-refractivity contribution is 9.10. The molecule has 6 nitrogen and oxygen atoms in total. The maximum Gasteiger partial charge on any atom is 0.278 e. The third-order valence-corrected chi connectivity index (χ3v) is 5.35. The Morgan fingerprint density at radius 2 is 2.04 bits per heavy atom. The van der Waals surface area contributed by atoms with Gasteiger partial charge in [-0.3, -0.25) is 14.9 Å². The van der Waals surface area contributed by atoms with Crippen LogP contribution in [0.1, 0.15) is 16.7 Å². The molecule has 0 bridgehead atoms. The van der Waals surface area contributed by atoms with Crippen LogP contribution in [0.5, 0.6) is 0 Å². The number of hydrogen-bond acceptors (Lipinski definition) is 5. The number of hydrazone groups is 1. The summed E-state index contributed by atoms with van der Waals surface area (Å²) in [6.45, 7) is 3.97. The normalized spacial score (nSPS) is 10.8. The van der Waals surface area contributed by atoms with Crippen LogP contribution in [0.15, 0.2) is 50.9 Å². The van der Waals surface area contributed by atoms with Crippen LogP contribution in [0.2, 0.25) is 0 Å². The topological polar surface area (TPSA) is 84.6 Å². The predicted molar refractivity (Wildman–Crippen MR) is 103 cm³/mol. The predicted octanol–water partition coefficient (Wildman–Crippen LogP) is 4.22. The molecule has 0 spiro atoms. The minimum atomic E-state index is -0.488. The van der Waals surface area contributed by atoms with Gasteiger partial charge >= 0.3 is 0 Å². The zero-order chi connectivity index (χ0) is 18.4. The average molecular weight is 422 g/mol. The van der Waals surface area contributed by atoms with E-state index in [1.165, 1.54) is 24.0 Å². The first-order valence-corrected chi connectivity index (χ1v) is 9.11. The van der Waals surface area contributed by atoms with E-state index in [4.69, 9.17) is 0 Å². The Balaban J connectivity index is 1.93. The molecule has 0 aromatic heterocycles. The first kappa shape index (κ1) is 19.1. The van der Waals surface area contributed by atoms with Crippen molar-refractivity contribution in [3.05, 3.63) is 67.7 Å². The van der Waals surface area contributed by atoms with E-state index < -0.39 is 4.92 Å². The summed E-state index contributed by atoms with van der Waals surface area (Å²) in [4.78, 5) is 23.3. The number of para-hydroxylation sites is 1. The highest BCUT2D eigenvalue weighted by Crippen LogP contribution is 2.28. The third kappa shape index (κ3) is 5.40. The molecule has 0 unspecified atom stereocenters. The largest absolute Gasteiger partial charge is 0.278 e. The molecule has 0 aliphatic heterocycles. The minimum Gasteiger partial charge on any atom is -0.272 e. The number of halogens is 1. The van der Waals surface area contributed by atoms with Gasteiger partial charge in [-0.15, -0.1) is 11.8 Å². The van der Waals surface area contributed by atoms with E-state index in [1.807, 2.05) is 26.0 Å². The van der Waals surface area contributed by atoms with E-state index in [-0.39, 0.29) is 17.3 Å². The summed E-state index contributed by atoms with van der Waals surface area (Å²) in [6, 6.07) is 10.2. The number of thioether (sulfide) groups is 1. The summed E-state index contributed by atoms with van der Waals surface area (Å²) >= 11 is 4.89. The van der Waals surface area contributed by atoms with Gasteiger partial charge in [-0.2, -0.15) is 5.10 Å². The quantitative estimate of drug-likeness (QED) is 0.327. The SMILES string of the molecule is Cc1cc(SCC(=O)N/N=C\c2ccccc2[N+](=O)[O-])c(C)cc1Br. The number of hydrogen-bond donors (Lipinski definition) is 1. The van der Waals surface area contributed by atoms with Gasteiger partial charge in [0.25, 0.3) is 5.69 Å². The van der Waals surface area contributed by atoms with Gasteiger partial charge in [0.1, 0.15) is 0 Å². The van der Waals surface area contributed by atoms with Gasteiger partial charge in [-0.1, -0.05) is 28.1 Å². The Bertz CT molecular complexity index is 840. The Labute approximate surface area is 158 Å². The standard InChI is InChI=1S/C17H16BrN3O3S/c1-11-8-16(12(2)7-14(11)18)25-10-17(22)20-19-9-13-5-3-4-6-15(13)21(23)24/h3-9H,10H2,1-2H3,(H,20,22)/b19-9-. The van der Waals surface area contributed by atoms with Crippen LogP contribution in [0.25, 0.3) is 0 Å². The molecule has 2 aromatic carbocycles. The van der Waals surface area contributed by atoms with Crippen molar-refractivity contribution in [2.75, 3.05) is 5.75 Å². The summed E-state index contributed by atoms with van der Waals surface area (Å²) in [6.07, 6.45) is 1.27. The van der Waals surface area contributed by atoms with Crippen molar-refractivity contribution < 1.29 is 9.72 Å². The van der Waals surface area contributed by atoms with E-state index >= 15 is 0 Å². The molecule has 0 saturated carbocycles. The molecule has 2 aromatic rings. The summed E-state index contributed by atoms with van der Waals surface area (Å²) in [5.74, 6) is -0.0735. The lowest BCUT2D eigenvalue weighted by Crippen LogP contribution is -2.19. The number of carbonyl (C=O) groups is 1. The summed E-state index contributed by atoms with van der Waals surface area (Å²) < 4.78 is 1.04. The third-order valence-electron chi connectivity index (χ3n) is 3.34. The maximum atomic E-state index is 11.9. The molecule has 0 saturated heterocycles.